The third kappa shape index (κ3) is 1.28. The molecule has 4 rings (SSSR count). The maximum Gasteiger partial charge on any atom is 0.180 e. The van der Waals surface area contributed by atoms with Crippen LogP contribution in [0.2, 0.25) is 0 Å². The van der Waals surface area contributed by atoms with Crippen molar-refractivity contribution in [3.05, 3.63) is 34.2 Å². The van der Waals surface area contributed by atoms with Gasteiger partial charge in [-0.3, -0.25) is 0 Å². The minimum absolute atomic E-state index is 0.460. The fraction of sp³-hybridized carbons (Fsp3) is 0.308. The number of hydrogen-bond acceptors (Lipinski definition) is 4. The van der Waals surface area contributed by atoms with Gasteiger partial charge in [-0.2, -0.15) is 0 Å². The Morgan fingerprint density at radius 1 is 1.41 bits per heavy atom. The number of anilines is 1. The van der Waals surface area contributed by atoms with E-state index in [2.05, 4.69) is 28.5 Å². The molecule has 0 saturated heterocycles. The number of nitrogens with zero attached hydrogens (tertiary/aromatic N) is 1. The predicted molar refractivity (Wildman–Crippen MR) is 70.1 cm³/mol. The van der Waals surface area contributed by atoms with E-state index >= 15 is 0 Å². The quantitative estimate of drug-likeness (QED) is 0.745. The van der Waals surface area contributed by atoms with Crippen LogP contribution in [0.15, 0.2) is 18.2 Å². The van der Waals surface area contributed by atoms with Gasteiger partial charge < -0.3 is 11.1 Å². The summed E-state index contributed by atoms with van der Waals surface area (Å²) in [6.07, 6.45) is 2.16. The summed E-state index contributed by atoms with van der Waals surface area (Å²) in [5.74, 6) is 0. The van der Waals surface area contributed by atoms with E-state index < -0.39 is 0 Å². The molecular weight excluding hydrogens is 230 g/mol. The molecule has 2 heterocycles. The van der Waals surface area contributed by atoms with Crippen LogP contribution in [-0.2, 0) is 12.8 Å². The largest absolute Gasteiger partial charge is 0.375 e. The van der Waals surface area contributed by atoms with E-state index in [1.54, 1.807) is 11.3 Å². The smallest absolute Gasteiger partial charge is 0.180 e. The van der Waals surface area contributed by atoms with Crippen molar-refractivity contribution < 1.29 is 0 Å². The molecule has 0 saturated carbocycles. The van der Waals surface area contributed by atoms with Crippen molar-refractivity contribution in [3.8, 4) is 11.3 Å². The third-order valence-electron chi connectivity index (χ3n) is 3.69. The van der Waals surface area contributed by atoms with Gasteiger partial charge in [0.25, 0.3) is 0 Å². The molecule has 3 nitrogen and oxygen atoms in total. The zero-order valence-corrected chi connectivity index (χ0v) is 10.2. The highest BCUT2D eigenvalue weighted by molar-refractivity contribution is 7.15. The van der Waals surface area contributed by atoms with Crippen LogP contribution in [0.5, 0.6) is 0 Å². The molecule has 2 aromatic rings. The molecule has 0 radical (unpaired) electrons. The average molecular weight is 243 g/mol. The van der Waals surface area contributed by atoms with Crippen LogP contribution < -0.4 is 11.1 Å². The van der Waals surface area contributed by atoms with Gasteiger partial charge in [0.1, 0.15) is 0 Å². The Labute approximate surface area is 104 Å². The highest BCUT2D eigenvalue weighted by Gasteiger charge is 2.31. The zero-order chi connectivity index (χ0) is 11.4. The van der Waals surface area contributed by atoms with Crippen molar-refractivity contribution in [1.29, 1.82) is 0 Å². The third-order valence-corrected chi connectivity index (χ3v) is 4.60. The summed E-state index contributed by atoms with van der Waals surface area (Å²) in [5.41, 5.74) is 11.2. The maximum absolute atomic E-state index is 5.84. The Morgan fingerprint density at radius 2 is 2.35 bits per heavy atom. The summed E-state index contributed by atoms with van der Waals surface area (Å²) in [7, 11) is 0. The number of aromatic nitrogens is 1. The normalized spacial score (nSPS) is 20.8. The second kappa shape index (κ2) is 3.31. The first-order valence-electron chi connectivity index (χ1n) is 5.93. The molecule has 0 spiro atoms. The molecule has 3 N–H and O–H groups in total. The topological polar surface area (TPSA) is 50.9 Å². The molecule has 17 heavy (non-hydrogen) atoms. The van der Waals surface area contributed by atoms with Gasteiger partial charge in [0.05, 0.1) is 5.69 Å². The van der Waals surface area contributed by atoms with Gasteiger partial charge in [0.2, 0.25) is 0 Å². The molecule has 2 aliphatic rings. The lowest BCUT2D eigenvalue weighted by Gasteiger charge is -2.32. The van der Waals surface area contributed by atoms with Crippen molar-refractivity contribution in [2.45, 2.75) is 18.9 Å². The van der Waals surface area contributed by atoms with E-state index in [4.69, 9.17) is 5.73 Å². The summed E-state index contributed by atoms with van der Waals surface area (Å²) < 4.78 is 0. The number of nitrogen functional groups attached to an aromatic ring is 1. The molecule has 1 unspecified atom stereocenters. The number of fused-ring (bicyclic) bond motifs is 2. The fourth-order valence-electron chi connectivity index (χ4n) is 3.01. The van der Waals surface area contributed by atoms with Crippen LogP contribution in [0.1, 0.15) is 22.0 Å². The second-order valence-corrected chi connectivity index (χ2v) is 5.78. The highest BCUT2D eigenvalue weighted by Crippen LogP contribution is 2.43. The number of benzene rings is 1. The number of rotatable bonds is 0. The van der Waals surface area contributed by atoms with E-state index in [-0.39, 0.29) is 0 Å². The van der Waals surface area contributed by atoms with Crippen molar-refractivity contribution in [2.24, 2.45) is 0 Å². The Morgan fingerprint density at radius 3 is 3.29 bits per heavy atom. The summed E-state index contributed by atoms with van der Waals surface area (Å²) in [5, 5.41) is 4.29. The average Bonchev–Trinajstić information content (AvgIpc) is 2.70. The second-order valence-electron chi connectivity index (χ2n) is 4.66. The van der Waals surface area contributed by atoms with Crippen LogP contribution >= 0.6 is 11.3 Å². The van der Waals surface area contributed by atoms with Crippen LogP contribution in [0.4, 0.5) is 5.13 Å². The number of nitrogens with two attached hydrogens (primary N) is 1. The van der Waals surface area contributed by atoms with Crippen LogP contribution in [0, 0.1) is 0 Å². The van der Waals surface area contributed by atoms with Crippen molar-refractivity contribution in [2.75, 3.05) is 12.3 Å². The number of thiazole rings is 1. The number of nitrogens with one attached hydrogen (secondary N) is 1. The lowest BCUT2D eigenvalue weighted by atomic mass is 9.83. The Kier molecular flexibility index (Phi) is 1.87. The van der Waals surface area contributed by atoms with E-state index in [9.17, 15) is 0 Å². The molecule has 1 aliphatic heterocycles. The molecule has 1 atom stereocenters. The first kappa shape index (κ1) is 9.62. The lowest BCUT2D eigenvalue weighted by Crippen LogP contribution is -2.33. The molecule has 0 amide bonds. The maximum atomic E-state index is 5.84. The van der Waals surface area contributed by atoms with E-state index in [0.717, 1.165) is 25.1 Å². The van der Waals surface area contributed by atoms with Gasteiger partial charge >= 0.3 is 0 Å². The van der Waals surface area contributed by atoms with Crippen molar-refractivity contribution in [1.82, 2.24) is 10.3 Å². The van der Waals surface area contributed by atoms with E-state index in [1.807, 2.05) is 0 Å². The van der Waals surface area contributed by atoms with Crippen molar-refractivity contribution in [3.63, 3.8) is 0 Å². The van der Waals surface area contributed by atoms with Crippen LogP contribution in [-0.4, -0.2) is 11.5 Å². The first-order chi connectivity index (χ1) is 8.33. The predicted octanol–water partition coefficient (Wildman–Crippen LogP) is 2.14. The first-order valence-corrected chi connectivity index (χ1v) is 6.75. The van der Waals surface area contributed by atoms with Gasteiger partial charge in [-0.05, 0) is 24.1 Å². The standard InChI is InChI=1S/C13H13N3S/c14-13-16-12-8-3-1-2-7-4-5-15-9(11(7)8)6-10(12)17-13/h1-3,9,15H,4-6H2,(H2,14,16). The zero-order valence-electron chi connectivity index (χ0n) is 9.36. The SMILES string of the molecule is Nc1nc2c(s1)CC1NCCc3cccc-2c31. The Balaban J connectivity index is 2.03. The molecule has 1 aliphatic carbocycles. The summed E-state index contributed by atoms with van der Waals surface area (Å²) in [4.78, 5) is 5.82. The molecule has 0 bridgehead atoms. The molecule has 1 aromatic heterocycles. The van der Waals surface area contributed by atoms with Crippen LogP contribution in [0.25, 0.3) is 11.3 Å². The van der Waals surface area contributed by atoms with Gasteiger partial charge in [-0.25, -0.2) is 4.98 Å². The summed E-state index contributed by atoms with van der Waals surface area (Å²) >= 11 is 1.63. The molecule has 4 heteroatoms. The highest BCUT2D eigenvalue weighted by atomic mass is 32.1. The van der Waals surface area contributed by atoms with Gasteiger partial charge in [-0.15, -0.1) is 11.3 Å². The minimum Gasteiger partial charge on any atom is -0.375 e. The Hall–Kier alpha value is -1.39. The summed E-state index contributed by atoms with van der Waals surface area (Å²) in [6.45, 7) is 1.07. The molecular formula is C13H13N3S. The fourth-order valence-corrected chi connectivity index (χ4v) is 3.90. The summed E-state index contributed by atoms with van der Waals surface area (Å²) in [6, 6.07) is 7.02. The molecule has 86 valence electrons. The minimum atomic E-state index is 0.460. The number of hydrogen-bond donors (Lipinski definition) is 2. The monoisotopic (exact) mass is 243 g/mol. The molecule has 1 aromatic carbocycles. The van der Waals surface area contributed by atoms with Gasteiger partial charge in [-0.1, -0.05) is 18.2 Å². The van der Waals surface area contributed by atoms with E-state index in [0.29, 0.717) is 11.2 Å². The van der Waals surface area contributed by atoms with Gasteiger partial charge in [0.15, 0.2) is 5.13 Å². The molecule has 0 fully saturated rings. The van der Waals surface area contributed by atoms with E-state index in [1.165, 1.54) is 21.6 Å². The van der Waals surface area contributed by atoms with Gasteiger partial charge in [0, 0.05) is 22.9 Å². The van der Waals surface area contributed by atoms with Crippen LogP contribution in [0.3, 0.4) is 0 Å². The Bertz CT molecular complexity index is 603. The lowest BCUT2D eigenvalue weighted by molar-refractivity contribution is 0.501. The van der Waals surface area contributed by atoms with Crippen molar-refractivity contribution >= 4 is 16.5 Å².